The molecule has 0 unspecified atom stereocenters. The van der Waals surface area contributed by atoms with E-state index in [1.807, 2.05) is 24.3 Å². The molecule has 2 nitrogen and oxygen atoms in total. The topological polar surface area (TPSA) is 26.0 Å². The molecule has 1 radical (unpaired) electrons. The molecule has 0 aliphatic carbocycles. The van der Waals surface area contributed by atoms with E-state index in [1.165, 1.54) is 5.56 Å². The molecule has 0 amide bonds. The van der Waals surface area contributed by atoms with Crippen LogP contribution in [0.1, 0.15) is 17.0 Å². The van der Waals surface area contributed by atoms with Gasteiger partial charge in [-0.3, -0.25) is 0 Å². The highest BCUT2D eigenvalue weighted by atomic mass is 16.5. The molecule has 2 heteroatoms. The van der Waals surface area contributed by atoms with Gasteiger partial charge in [-0.05, 0) is 12.5 Å². The normalized spacial score (nSPS) is 10.2. The van der Waals surface area contributed by atoms with Crippen molar-refractivity contribution < 1.29 is 4.52 Å². The van der Waals surface area contributed by atoms with E-state index in [0.717, 1.165) is 12.2 Å². The van der Waals surface area contributed by atoms with Crippen LogP contribution in [-0.4, -0.2) is 5.16 Å². The Bertz CT molecular complexity index is 378. The van der Waals surface area contributed by atoms with Gasteiger partial charge in [-0.25, -0.2) is 0 Å². The van der Waals surface area contributed by atoms with Crippen molar-refractivity contribution in [2.45, 2.75) is 6.42 Å². The number of benzene rings is 1. The standard InChI is InChI=1S/C11H10NO/c1-9-7-11(13-12-9)8-10-5-3-2-4-6-10/h2-7H,1,8H2. The van der Waals surface area contributed by atoms with Gasteiger partial charge in [-0.2, -0.15) is 0 Å². The van der Waals surface area contributed by atoms with E-state index < -0.39 is 0 Å². The first-order valence-electron chi connectivity index (χ1n) is 4.16. The number of rotatable bonds is 2. The minimum absolute atomic E-state index is 0.686. The summed E-state index contributed by atoms with van der Waals surface area (Å²) in [4.78, 5) is 0. The van der Waals surface area contributed by atoms with Gasteiger partial charge < -0.3 is 4.52 Å². The fourth-order valence-electron chi connectivity index (χ4n) is 1.24. The first kappa shape index (κ1) is 8.05. The van der Waals surface area contributed by atoms with E-state index in [4.69, 9.17) is 4.52 Å². The average molecular weight is 172 g/mol. The van der Waals surface area contributed by atoms with Crippen LogP contribution in [0.4, 0.5) is 0 Å². The third kappa shape index (κ3) is 1.96. The summed E-state index contributed by atoms with van der Waals surface area (Å²) in [7, 11) is 0. The molecule has 0 atom stereocenters. The summed E-state index contributed by atoms with van der Waals surface area (Å²) < 4.78 is 5.06. The summed E-state index contributed by atoms with van der Waals surface area (Å²) in [5.41, 5.74) is 1.91. The first-order chi connectivity index (χ1) is 6.34. The molecular formula is C11H10NO. The van der Waals surface area contributed by atoms with Crippen LogP contribution in [0.3, 0.4) is 0 Å². The van der Waals surface area contributed by atoms with E-state index in [9.17, 15) is 0 Å². The summed E-state index contributed by atoms with van der Waals surface area (Å²) in [6, 6.07) is 12.0. The largest absolute Gasteiger partial charge is 0.361 e. The van der Waals surface area contributed by atoms with Gasteiger partial charge in [0.1, 0.15) is 5.76 Å². The molecule has 1 aromatic carbocycles. The Morgan fingerprint density at radius 3 is 2.62 bits per heavy atom. The van der Waals surface area contributed by atoms with Crippen LogP contribution < -0.4 is 0 Å². The maximum absolute atomic E-state index is 5.06. The summed E-state index contributed by atoms with van der Waals surface area (Å²) >= 11 is 0. The maximum Gasteiger partial charge on any atom is 0.141 e. The Balaban J connectivity index is 2.15. The van der Waals surface area contributed by atoms with Crippen molar-refractivity contribution in [1.82, 2.24) is 5.16 Å². The summed E-state index contributed by atoms with van der Waals surface area (Å²) in [6.07, 6.45) is 0.781. The number of hydrogen-bond acceptors (Lipinski definition) is 2. The van der Waals surface area contributed by atoms with Gasteiger partial charge >= 0.3 is 0 Å². The van der Waals surface area contributed by atoms with Crippen molar-refractivity contribution >= 4 is 0 Å². The third-order valence-electron chi connectivity index (χ3n) is 1.83. The molecule has 0 aliphatic heterocycles. The molecule has 0 saturated heterocycles. The fourth-order valence-corrected chi connectivity index (χ4v) is 1.24. The molecule has 0 saturated carbocycles. The zero-order valence-corrected chi connectivity index (χ0v) is 7.23. The first-order valence-corrected chi connectivity index (χ1v) is 4.16. The highest BCUT2D eigenvalue weighted by Gasteiger charge is 2.00. The lowest BCUT2D eigenvalue weighted by molar-refractivity contribution is 0.387. The lowest BCUT2D eigenvalue weighted by Gasteiger charge is -1.94. The maximum atomic E-state index is 5.06. The van der Waals surface area contributed by atoms with E-state index in [-0.39, 0.29) is 0 Å². The number of nitrogens with zero attached hydrogens (tertiary/aromatic N) is 1. The van der Waals surface area contributed by atoms with Gasteiger partial charge in [0.15, 0.2) is 0 Å². The second-order valence-corrected chi connectivity index (χ2v) is 2.95. The van der Waals surface area contributed by atoms with E-state index >= 15 is 0 Å². The van der Waals surface area contributed by atoms with Crippen molar-refractivity contribution in [3.63, 3.8) is 0 Å². The van der Waals surface area contributed by atoms with Crippen molar-refractivity contribution in [2.24, 2.45) is 0 Å². The second kappa shape index (κ2) is 3.44. The summed E-state index contributed by atoms with van der Waals surface area (Å²) in [6.45, 7) is 3.68. The SMILES string of the molecule is [CH2]c1cc(Cc2ccccc2)on1. The Labute approximate surface area is 77.2 Å². The Morgan fingerprint density at radius 2 is 2.00 bits per heavy atom. The van der Waals surface area contributed by atoms with Crippen LogP contribution in [0, 0.1) is 6.92 Å². The van der Waals surface area contributed by atoms with Crippen molar-refractivity contribution in [2.75, 3.05) is 0 Å². The zero-order valence-electron chi connectivity index (χ0n) is 7.23. The van der Waals surface area contributed by atoms with Crippen molar-refractivity contribution in [3.8, 4) is 0 Å². The van der Waals surface area contributed by atoms with E-state index in [1.54, 1.807) is 0 Å². The van der Waals surface area contributed by atoms with Gasteiger partial charge in [-0.15, -0.1) is 0 Å². The van der Waals surface area contributed by atoms with E-state index in [0.29, 0.717) is 5.69 Å². The Hall–Kier alpha value is -1.57. The van der Waals surface area contributed by atoms with Crippen LogP contribution in [-0.2, 0) is 6.42 Å². The number of aromatic nitrogens is 1. The predicted molar refractivity (Wildman–Crippen MR) is 50.2 cm³/mol. The molecule has 0 N–H and O–H groups in total. The van der Waals surface area contributed by atoms with Gasteiger partial charge in [-0.1, -0.05) is 35.5 Å². The van der Waals surface area contributed by atoms with Crippen LogP contribution >= 0.6 is 0 Å². The quantitative estimate of drug-likeness (QED) is 0.695. The van der Waals surface area contributed by atoms with Crippen LogP contribution in [0.2, 0.25) is 0 Å². The van der Waals surface area contributed by atoms with Gasteiger partial charge in [0.2, 0.25) is 0 Å². The fraction of sp³-hybridized carbons (Fsp3) is 0.0909. The molecule has 0 bridgehead atoms. The minimum atomic E-state index is 0.686. The zero-order chi connectivity index (χ0) is 9.10. The van der Waals surface area contributed by atoms with Crippen LogP contribution in [0.15, 0.2) is 40.9 Å². The summed E-state index contributed by atoms with van der Waals surface area (Å²) in [5.74, 6) is 0.858. The van der Waals surface area contributed by atoms with Gasteiger partial charge in [0.05, 0.1) is 5.69 Å². The predicted octanol–water partition coefficient (Wildman–Crippen LogP) is 2.45. The lowest BCUT2D eigenvalue weighted by atomic mass is 10.1. The molecule has 0 aliphatic rings. The molecule has 1 heterocycles. The molecule has 2 aromatic rings. The monoisotopic (exact) mass is 172 g/mol. The number of hydrogen-bond donors (Lipinski definition) is 0. The highest BCUT2D eigenvalue weighted by Crippen LogP contribution is 2.09. The molecule has 0 fully saturated rings. The van der Waals surface area contributed by atoms with Gasteiger partial charge in [0.25, 0.3) is 0 Å². The lowest BCUT2D eigenvalue weighted by Crippen LogP contribution is -1.83. The average Bonchev–Trinajstić information content (AvgIpc) is 2.53. The molecule has 13 heavy (non-hydrogen) atoms. The molecule has 0 spiro atoms. The highest BCUT2D eigenvalue weighted by molar-refractivity contribution is 5.21. The molecule has 65 valence electrons. The summed E-state index contributed by atoms with van der Waals surface area (Å²) in [5, 5.41) is 3.73. The van der Waals surface area contributed by atoms with Crippen molar-refractivity contribution in [1.29, 1.82) is 0 Å². The van der Waals surface area contributed by atoms with Gasteiger partial charge in [0, 0.05) is 12.5 Å². The minimum Gasteiger partial charge on any atom is -0.361 e. The van der Waals surface area contributed by atoms with E-state index in [2.05, 4.69) is 24.2 Å². The van der Waals surface area contributed by atoms with Crippen LogP contribution in [0.5, 0.6) is 0 Å². The second-order valence-electron chi connectivity index (χ2n) is 2.95. The van der Waals surface area contributed by atoms with Crippen LogP contribution in [0.25, 0.3) is 0 Å². The Kier molecular flexibility index (Phi) is 2.13. The molecular weight excluding hydrogens is 162 g/mol. The third-order valence-corrected chi connectivity index (χ3v) is 1.83. The Morgan fingerprint density at radius 1 is 1.23 bits per heavy atom. The van der Waals surface area contributed by atoms with Crippen molar-refractivity contribution in [3.05, 3.63) is 60.3 Å². The molecule has 1 aromatic heterocycles. The smallest absolute Gasteiger partial charge is 0.141 e. The molecule has 2 rings (SSSR count).